The summed E-state index contributed by atoms with van der Waals surface area (Å²) in [6.07, 6.45) is 9.02. The van der Waals surface area contributed by atoms with Crippen LogP contribution in [0, 0.1) is 17.3 Å². The molecule has 3 N–H and O–H groups in total. The Morgan fingerprint density at radius 2 is 1.90 bits per heavy atom. The van der Waals surface area contributed by atoms with Crippen LogP contribution >= 0.6 is 11.6 Å². The maximum Gasteiger partial charge on any atom is 0.264 e. The summed E-state index contributed by atoms with van der Waals surface area (Å²) < 4.78 is 35.9. The lowest BCUT2D eigenvalue weighted by atomic mass is 9.54. The van der Waals surface area contributed by atoms with E-state index in [1.165, 1.54) is 11.1 Å². The van der Waals surface area contributed by atoms with Crippen molar-refractivity contribution in [1.29, 1.82) is 0 Å². The van der Waals surface area contributed by atoms with Gasteiger partial charge in [-0.25, -0.2) is 13.1 Å². The zero-order chi connectivity index (χ0) is 34.7. The molecule has 1 spiro atoms. The number of ether oxygens (including phenoxy) is 1. The second kappa shape index (κ2) is 12.6. The molecular weight excluding hydrogens is 646 g/mol. The Kier molecular flexibility index (Phi) is 9.27. The molecule has 2 aromatic carbocycles. The minimum Gasteiger partial charge on any atom is -0.490 e. The number of hydrogen-bond acceptors (Lipinski definition) is 7. The van der Waals surface area contributed by atoms with E-state index in [0.717, 1.165) is 42.8 Å². The average molecular weight is 698 g/mol. The van der Waals surface area contributed by atoms with Gasteiger partial charge < -0.3 is 20.1 Å². The number of aryl methyl sites for hydroxylation is 1. The van der Waals surface area contributed by atoms with Gasteiger partial charge in [0.05, 0.1) is 23.1 Å². The van der Waals surface area contributed by atoms with Crippen molar-refractivity contribution in [2.24, 2.45) is 17.3 Å². The molecule has 1 amide bonds. The fourth-order valence-electron chi connectivity index (χ4n) is 8.46. The van der Waals surface area contributed by atoms with Crippen LogP contribution in [0.3, 0.4) is 0 Å². The van der Waals surface area contributed by atoms with Gasteiger partial charge in [-0.2, -0.15) is 0 Å². The monoisotopic (exact) mass is 697 g/mol. The van der Waals surface area contributed by atoms with E-state index in [9.17, 15) is 18.3 Å². The number of benzene rings is 2. The van der Waals surface area contributed by atoms with Crippen molar-refractivity contribution in [3.05, 3.63) is 70.3 Å². The molecule has 1 saturated carbocycles. The molecule has 262 valence electrons. The molecule has 6 atom stereocenters. The first-order chi connectivity index (χ1) is 22.4. The summed E-state index contributed by atoms with van der Waals surface area (Å²) in [7, 11) is -3.98. The van der Waals surface area contributed by atoms with Crippen molar-refractivity contribution in [3.8, 4) is 5.75 Å². The lowest BCUT2D eigenvalue weighted by Crippen LogP contribution is -2.61. The van der Waals surface area contributed by atoms with Crippen molar-refractivity contribution in [3.63, 3.8) is 0 Å². The van der Waals surface area contributed by atoms with Gasteiger partial charge in [0.1, 0.15) is 5.75 Å². The van der Waals surface area contributed by atoms with Gasteiger partial charge >= 0.3 is 0 Å². The molecule has 1 fully saturated rings. The maximum absolute atomic E-state index is 13.6. The summed E-state index contributed by atoms with van der Waals surface area (Å²) in [6.45, 7) is 14.2. The molecule has 0 saturated heterocycles. The highest BCUT2D eigenvalue weighted by Gasteiger charge is 2.54. The molecular formula is C38H52ClN3O5S. The van der Waals surface area contributed by atoms with E-state index < -0.39 is 26.8 Å². The number of β-amino-alcohol motifs (C(OH)–C–C–N with tert-alkyl or cyclic N) is 1. The third kappa shape index (κ3) is 6.77. The van der Waals surface area contributed by atoms with Gasteiger partial charge in [0.15, 0.2) is 0 Å². The summed E-state index contributed by atoms with van der Waals surface area (Å²) in [5, 5.41) is 16.0. The fraction of sp³-hybridized carbons (Fsp3) is 0.605. The fourth-order valence-corrected chi connectivity index (χ4v) is 9.94. The van der Waals surface area contributed by atoms with Gasteiger partial charge in [-0.15, -0.1) is 0 Å². The zero-order valence-electron chi connectivity index (χ0n) is 29.2. The molecule has 1 unspecified atom stereocenters. The topological polar surface area (TPSA) is 108 Å². The summed E-state index contributed by atoms with van der Waals surface area (Å²) in [5.41, 5.74) is 1.61. The van der Waals surface area contributed by atoms with Crippen LogP contribution in [0.2, 0.25) is 5.02 Å². The van der Waals surface area contributed by atoms with E-state index in [-0.39, 0.29) is 33.8 Å². The van der Waals surface area contributed by atoms with E-state index >= 15 is 0 Å². The van der Waals surface area contributed by atoms with E-state index in [1.807, 2.05) is 25.1 Å². The number of aliphatic hydroxyl groups is 1. The Morgan fingerprint density at radius 3 is 2.60 bits per heavy atom. The minimum atomic E-state index is -3.98. The van der Waals surface area contributed by atoms with Gasteiger partial charge in [-0.3, -0.25) is 4.79 Å². The molecule has 0 radical (unpaired) electrons. The van der Waals surface area contributed by atoms with Crippen molar-refractivity contribution >= 4 is 33.2 Å². The van der Waals surface area contributed by atoms with Crippen LogP contribution in [0.15, 0.2) is 48.6 Å². The largest absolute Gasteiger partial charge is 0.490 e. The first-order valence-corrected chi connectivity index (χ1v) is 19.4. The van der Waals surface area contributed by atoms with Gasteiger partial charge in [0, 0.05) is 41.2 Å². The predicted molar refractivity (Wildman–Crippen MR) is 193 cm³/mol. The first kappa shape index (κ1) is 35.2. The van der Waals surface area contributed by atoms with Gasteiger partial charge in [0.2, 0.25) is 10.0 Å². The Balaban J connectivity index is 1.47. The van der Waals surface area contributed by atoms with E-state index in [2.05, 4.69) is 54.8 Å². The number of anilines is 1. The van der Waals surface area contributed by atoms with Crippen molar-refractivity contribution in [2.75, 3.05) is 31.1 Å². The lowest BCUT2D eigenvalue weighted by Gasteiger charge is -2.56. The molecule has 2 aliphatic carbocycles. The van der Waals surface area contributed by atoms with Gasteiger partial charge in [-0.05, 0) is 125 Å². The Morgan fingerprint density at radius 1 is 1.12 bits per heavy atom. The van der Waals surface area contributed by atoms with Crippen LogP contribution in [0.1, 0.15) is 95.1 Å². The number of halogens is 1. The number of carbonyl (C=O) groups excluding carboxylic acids is 1. The molecule has 6 rings (SSSR count). The number of hydrogen-bond donors (Lipinski definition) is 3. The number of rotatable bonds is 2. The second-order valence-corrected chi connectivity index (χ2v) is 18.9. The van der Waals surface area contributed by atoms with E-state index in [4.69, 9.17) is 16.3 Å². The van der Waals surface area contributed by atoms with Crippen LogP contribution in [0.4, 0.5) is 5.69 Å². The SMILES string of the molecule is C[C@@H]1[C@@H](C)C/C=C/[C@@](O)(CNC(C)(C)C)[C@@H]2CCC2(C)CN2C[C@@]3(CCCc4cc(Cl)ccc43)COc3ccc(cc32)C(=O)NS1(=O)=O. The Hall–Kier alpha value is -2.59. The quantitative estimate of drug-likeness (QED) is 0.312. The average Bonchev–Trinajstić information content (AvgIpc) is 3.14. The summed E-state index contributed by atoms with van der Waals surface area (Å²) in [6, 6.07) is 11.4. The third-order valence-electron chi connectivity index (χ3n) is 11.6. The molecule has 2 aromatic rings. The van der Waals surface area contributed by atoms with Crippen LogP contribution in [-0.4, -0.2) is 62.1 Å². The molecule has 48 heavy (non-hydrogen) atoms. The number of nitrogens with one attached hydrogen (secondary N) is 2. The van der Waals surface area contributed by atoms with E-state index in [1.54, 1.807) is 25.1 Å². The molecule has 2 heterocycles. The molecule has 8 nitrogen and oxygen atoms in total. The zero-order valence-corrected chi connectivity index (χ0v) is 30.8. The second-order valence-electron chi connectivity index (χ2n) is 16.4. The van der Waals surface area contributed by atoms with Crippen molar-refractivity contribution in [1.82, 2.24) is 10.0 Å². The molecule has 4 aliphatic rings. The minimum absolute atomic E-state index is 0.0482. The molecule has 0 aromatic heterocycles. The number of carbonyl (C=O) groups is 1. The lowest BCUT2D eigenvalue weighted by molar-refractivity contribution is -0.0941. The highest BCUT2D eigenvalue weighted by Crippen LogP contribution is 2.54. The highest BCUT2D eigenvalue weighted by atomic mass is 35.5. The highest BCUT2D eigenvalue weighted by molar-refractivity contribution is 7.90. The maximum atomic E-state index is 13.6. The van der Waals surface area contributed by atoms with Gasteiger partial charge in [0.25, 0.3) is 5.91 Å². The summed E-state index contributed by atoms with van der Waals surface area (Å²) >= 11 is 6.46. The first-order valence-electron chi connectivity index (χ1n) is 17.5. The number of allylic oxidation sites excluding steroid dienone is 1. The predicted octanol–water partition coefficient (Wildman–Crippen LogP) is 6.39. The normalized spacial score (nSPS) is 34.1. The molecule has 2 bridgehead atoms. The Labute approximate surface area is 291 Å². The van der Waals surface area contributed by atoms with E-state index in [0.29, 0.717) is 38.4 Å². The van der Waals surface area contributed by atoms with Crippen LogP contribution in [-0.2, 0) is 21.9 Å². The van der Waals surface area contributed by atoms with Crippen LogP contribution in [0.5, 0.6) is 5.75 Å². The summed E-state index contributed by atoms with van der Waals surface area (Å²) in [4.78, 5) is 15.9. The summed E-state index contributed by atoms with van der Waals surface area (Å²) in [5.74, 6) is -0.314. The van der Waals surface area contributed by atoms with Gasteiger partial charge in [-0.1, -0.05) is 43.7 Å². The smallest absolute Gasteiger partial charge is 0.264 e. The standard InChI is InChI=1S/C38H52ClN3O5S/c1-25-9-7-17-38(44,21-40-35(3,4)5)33-15-18-36(33,6)22-42-23-37(16-8-10-27-19-29(39)12-13-30(27)37)24-47-32-14-11-28(20-31(32)42)34(43)41-48(45,46)26(25)2/h7,11-14,17,19-20,25-26,33,40,44H,8-10,15-16,18,21-24H2,1-6H3,(H,41,43)/b17-7+/t25-,26+,33+,36?,37-,38+/m0/s1. The molecule has 2 aliphatic heterocycles. The third-order valence-corrected chi connectivity index (χ3v) is 13.8. The van der Waals surface area contributed by atoms with Crippen molar-refractivity contribution < 1.29 is 23.1 Å². The number of fused-ring (bicyclic) bond motifs is 4. The Bertz CT molecular complexity index is 1710. The van der Waals surface area contributed by atoms with Crippen molar-refractivity contribution in [2.45, 2.75) is 102 Å². The van der Waals surface area contributed by atoms with Crippen LogP contribution in [0.25, 0.3) is 0 Å². The number of sulfonamides is 1. The molecule has 10 heteroatoms. The van der Waals surface area contributed by atoms with Crippen LogP contribution < -0.4 is 19.7 Å². The number of amides is 1. The number of nitrogens with zero attached hydrogens (tertiary/aromatic N) is 1.